The molecule has 1 heterocycles. The van der Waals surface area contributed by atoms with Gasteiger partial charge in [0.25, 0.3) is 0 Å². The molecule has 2 aromatic rings. The summed E-state index contributed by atoms with van der Waals surface area (Å²) in [6, 6.07) is 5.68. The second-order valence-corrected chi connectivity index (χ2v) is 6.04. The van der Waals surface area contributed by atoms with Crippen LogP contribution in [0.2, 0.25) is 0 Å². The summed E-state index contributed by atoms with van der Waals surface area (Å²) in [6.07, 6.45) is 2.23. The van der Waals surface area contributed by atoms with Gasteiger partial charge in [0, 0.05) is 28.9 Å². The van der Waals surface area contributed by atoms with Crippen molar-refractivity contribution < 1.29 is 4.74 Å². The molecule has 0 fully saturated rings. The van der Waals surface area contributed by atoms with E-state index < -0.39 is 0 Å². The van der Waals surface area contributed by atoms with Gasteiger partial charge in [-0.2, -0.15) is 0 Å². The van der Waals surface area contributed by atoms with Crippen LogP contribution in [0.3, 0.4) is 0 Å². The molecule has 0 saturated heterocycles. The number of rotatable bonds is 7. The van der Waals surface area contributed by atoms with Crippen LogP contribution < -0.4 is 5.73 Å². The molecule has 7 heteroatoms. The first-order valence-corrected chi connectivity index (χ1v) is 7.80. The minimum atomic E-state index is 0.276. The molecule has 0 aliphatic carbocycles. The summed E-state index contributed by atoms with van der Waals surface area (Å²) in [5.41, 5.74) is 7.45. The van der Waals surface area contributed by atoms with Gasteiger partial charge < -0.3 is 10.5 Å². The molecule has 114 valence electrons. The fourth-order valence-corrected chi connectivity index (χ4v) is 2.50. The Labute approximate surface area is 132 Å². The predicted octanol–water partition coefficient (Wildman–Crippen LogP) is 2.89. The molecule has 0 amide bonds. The smallest absolute Gasteiger partial charge is 0.182 e. The molecule has 0 aliphatic heterocycles. The number of hydrogen-bond acceptors (Lipinski definition) is 5. The van der Waals surface area contributed by atoms with E-state index in [1.807, 2.05) is 32.0 Å². The number of nitrogen functional groups attached to an aromatic ring is 1. The van der Waals surface area contributed by atoms with E-state index >= 15 is 0 Å². The van der Waals surface area contributed by atoms with Crippen molar-refractivity contribution in [2.24, 2.45) is 0 Å². The monoisotopic (exact) mass is 353 g/mol. The zero-order valence-corrected chi connectivity index (χ0v) is 13.9. The van der Waals surface area contributed by atoms with E-state index in [9.17, 15) is 0 Å². The molecule has 0 saturated carbocycles. The van der Waals surface area contributed by atoms with Gasteiger partial charge in [-0.15, -0.1) is 5.10 Å². The van der Waals surface area contributed by atoms with Crippen molar-refractivity contribution >= 4 is 21.6 Å². The van der Waals surface area contributed by atoms with Crippen LogP contribution >= 0.6 is 15.9 Å². The molecule has 0 atom stereocenters. The number of aryl methyl sites for hydroxylation is 1. The summed E-state index contributed by atoms with van der Waals surface area (Å²) in [7, 11) is 0. The molecular formula is C14H20BrN5O. The molecule has 1 aromatic carbocycles. The van der Waals surface area contributed by atoms with Crippen molar-refractivity contribution in [1.29, 1.82) is 0 Å². The molecule has 21 heavy (non-hydrogen) atoms. The first-order valence-electron chi connectivity index (χ1n) is 7.00. The van der Waals surface area contributed by atoms with Crippen LogP contribution in [0.5, 0.6) is 0 Å². The van der Waals surface area contributed by atoms with Crippen molar-refractivity contribution in [1.82, 2.24) is 20.2 Å². The van der Waals surface area contributed by atoms with Crippen molar-refractivity contribution in [2.75, 3.05) is 12.3 Å². The number of tetrazole rings is 1. The van der Waals surface area contributed by atoms with Crippen molar-refractivity contribution in [3.8, 4) is 11.4 Å². The van der Waals surface area contributed by atoms with Gasteiger partial charge in [0.05, 0.1) is 6.10 Å². The first kappa shape index (κ1) is 15.9. The summed E-state index contributed by atoms with van der Waals surface area (Å²) in [5.74, 6) is 0.729. The third kappa shape index (κ3) is 4.78. The Hall–Kier alpha value is -1.47. The van der Waals surface area contributed by atoms with Gasteiger partial charge in [-0.25, -0.2) is 4.68 Å². The van der Waals surface area contributed by atoms with Gasteiger partial charge in [-0.1, -0.05) is 15.9 Å². The number of aromatic nitrogens is 4. The van der Waals surface area contributed by atoms with Gasteiger partial charge in [-0.3, -0.25) is 0 Å². The van der Waals surface area contributed by atoms with E-state index in [-0.39, 0.29) is 6.10 Å². The van der Waals surface area contributed by atoms with Crippen LogP contribution in [0.1, 0.15) is 26.7 Å². The second-order valence-electron chi connectivity index (χ2n) is 5.13. The molecule has 0 radical (unpaired) electrons. The van der Waals surface area contributed by atoms with Gasteiger partial charge >= 0.3 is 0 Å². The zero-order valence-electron chi connectivity index (χ0n) is 12.3. The number of halogens is 1. The fraction of sp³-hybridized carbons (Fsp3) is 0.500. The van der Waals surface area contributed by atoms with Crippen LogP contribution in [-0.2, 0) is 11.3 Å². The van der Waals surface area contributed by atoms with Crippen molar-refractivity contribution in [3.05, 3.63) is 22.7 Å². The molecule has 0 bridgehead atoms. The molecule has 0 spiro atoms. The molecule has 2 rings (SSSR count). The molecule has 1 aromatic heterocycles. The average molecular weight is 354 g/mol. The zero-order chi connectivity index (χ0) is 15.2. The van der Waals surface area contributed by atoms with Crippen molar-refractivity contribution in [2.45, 2.75) is 39.3 Å². The SMILES string of the molecule is CC(C)OCCCCn1nnnc1-c1cc(N)cc(Br)c1. The lowest BCUT2D eigenvalue weighted by molar-refractivity contribution is 0.0753. The van der Waals surface area contributed by atoms with Gasteiger partial charge in [0.2, 0.25) is 0 Å². The lowest BCUT2D eigenvalue weighted by Gasteiger charge is -2.08. The minimum Gasteiger partial charge on any atom is -0.399 e. The maximum absolute atomic E-state index is 5.86. The Balaban J connectivity index is 1.98. The van der Waals surface area contributed by atoms with Crippen LogP contribution in [0.4, 0.5) is 5.69 Å². The molecular weight excluding hydrogens is 334 g/mol. The van der Waals surface area contributed by atoms with E-state index in [1.165, 1.54) is 0 Å². The van der Waals surface area contributed by atoms with Crippen LogP contribution in [0, 0.1) is 0 Å². The Morgan fingerprint density at radius 1 is 1.29 bits per heavy atom. The lowest BCUT2D eigenvalue weighted by atomic mass is 10.2. The van der Waals surface area contributed by atoms with Crippen LogP contribution in [0.25, 0.3) is 11.4 Å². The predicted molar refractivity (Wildman–Crippen MR) is 85.7 cm³/mol. The molecule has 0 aliphatic rings. The quantitative estimate of drug-likeness (QED) is 0.611. The summed E-state index contributed by atoms with van der Waals surface area (Å²) in [4.78, 5) is 0. The highest BCUT2D eigenvalue weighted by atomic mass is 79.9. The van der Waals surface area contributed by atoms with Crippen molar-refractivity contribution in [3.63, 3.8) is 0 Å². The van der Waals surface area contributed by atoms with E-state index in [0.29, 0.717) is 5.69 Å². The molecule has 0 unspecified atom stereocenters. The number of ether oxygens (including phenoxy) is 1. The van der Waals surface area contributed by atoms with E-state index in [1.54, 1.807) is 4.68 Å². The Bertz CT molecular complexity index is 564. The van der Waals surface area contributed by atoms with Gasteiger partial charge in [0.1, 0.15) is 0 Å². The Morgan fingerprint density at radius 3 is 2.81 bits per heavy atom. The number of benzene rings is 1. The highest BCUT2D eigenvalue weighted by Gasteiger charge is 2.10. The summed E-state index contributed by atoms with van der Waals surface area (Å²) >= 11 is 3.44. The van der Waals surface area contributed by atoms with E-state index in [2.05, 4.69) is 31.5 Å². The third-order valence-corrected chi connectivity index (χ3v) is 3.38. The number of anilines is 1. The lowest BCUT2D eigenvalue weighted by Crippen LogP contribution is -2.07. The van der Waals surface area contributed by atoms with Crippen LogP contribution in [0.15, 0.2) is 22.7 Å². The number of nitrogens with two attached hydrogens (primary N) is 1. The highest BCUT2D eigenvalue weighted by Crippen LogP contribution is 2.24. The van der Waals surface area contributed by atoms with Gasteiger partial charge in [0.15, 0.2) is 5.82 Å². The maximum Gasteiger partial charge on any atom is 0.182 e. The number of hydrogen-bond donors (Lipinski definition) is 1. The summed E-state index contributed by atoms with van der Waals surface area (Å²) < 4.78 is 8.24. The number of unbranched alkanes of at least 4 members (excludes halogenated alkanes) is 1. The Kier molecular flexibility index (Phi) is 5.69. The number of nitrogens with zero attached hydrogens (tertiary/aromatic N) is 4. The van der Waals surface area contributed by atoms with E-state index in [4.69, 9.17) is 10.5 Å². The Morgan fingerprint density at radius 2 is 2.10 bits per heavy atom. The average Bonchev–Trinajstić information content (AvgIpc) is 2.85. The normalized spacial score (nSPS) is 11.2. The first-order chi connectivity index (χ1) is 10.1. The fourth-order valence-electron chi connectivity index (χ4n) is 1.99. The summed E-state index contributed by atoms with van der Waals surface area (Å²) in [5, 5.41) is 11.9. The maximum atomic E-state index is 5.86. The van der Waals surface area contributed by atoms with Crippen LogP contribution in [-0.4, -0.2) is 32.9 Å². The topological polar surface area (TPSA) is 78.8 Å². The second kappa shape index (κ2) is 7.51. The largest absolute Gasteiger partial charge is 0.399 e. The minimum absolute atomic E-state index is 0.276. The third-order valence-electron chi connectivity index (χ3n) is 2.93. The standard InChI is InChI=1S/C14H20BrN5O/c1-10(2)21-6-4-3-5-20-14(17-18-19-20)11-7-12(15)9-13(16)8-11/h7-10H,3-6,16H2,1-2H3. The highest BCUT2D eigenvalue weighted by molar-refractivity contribution is 9.10. The van der Waals surface area contributed by atoms with E-state index in [0.717, 1.165) is 41.9 Å². The molecule has 2 N–H and O–H groups in total. The molecule has 6 nitrogen and oxygen atoms in total. The summed E-state index contributed by atoms with van der Waals surface area (Å²) in [6.45, 7) is 5.60. The van der Waals surface area contributed by atoms with Gasteiger partial charge in [-0.05, 0) is 55.3 Å².